The van der Waals surface area contributed by atoms with Gasteiger partial charge in [0.2, 0.25) is 0 Å². The molecule has 4 rings (SSSR count). The second-order valence-electron chi connectivity index (χ2n) is 7.25. The van der Waals surface area contributed by atoms with Crippen molar-refractivity contribution in [2.24, 2.45) is 0 Å². The van der Waals surface area contributed by atoms with Crippen LogP contribution in [0.1, 0.15) is 5.56 Å². The van der Waals surface area contributed by atoms with E-state index < -0.39 is 7.92 Å². The monoisotopic (exact) mass is 413 g/mol. The highest BCUT2D eigenvalue weighted by Gasteiger charge is 2.14. The van der Waals surface area contributed by atoms with Crippen molar-refractivity contribution in [1.29, 1.82) is 0 Å². The second-order valence-corrected chi connectivity index (χ2v) is 9.47. The van der Waals surface area contributed by atoms with E-state index in [4.69, 9.17) is 5.11 Å². The summed E-state index contributed by atoms with van der Waals surface area (Å²) < 4.78 is 0. The first kappa shape index (κ1) is 21.8. The molecule has 0 atom stereocenters. The van der Waals surface area contributed by atoms with Crippen LogP contribution in [0.25, 0.3) is 0 Å². The van der Waals surface area contributed by atoms with Gasteiger partial charge in [-0.15, -0.1) is 0 Å². The Morgan fingerprint density at radius 2 is 0.933 bits per heavy atom. The van der Waals surface area contributed by atoms with Crippen LogP contribution < -0.4 is 15.9 Å². The number of hydrogen-bond donors (Lipinski definition) is 1. The van der Waals surface area contributed by atoms with E-state index in [-0.39, 0.29) is 0 Å². The third kappa shape index (κ3) is 6.56. The lowest BCUT2D eigenvalue weighted by Crippen LogP contribution is -2.20. The van der Waals surface area contributed by atoms with E-state index in [0.29, 0.717) is 5.75 Å². The van der Waals surface area contributed by atoms with E-state index in [1.54, 1.807) is 12.1 Å². The summed E-state index contributed by atoms with van der Waals surface area (Å²) >= 11 is 0. The van der Waals surface area contributed by atoms with Crippen LogP contribution in [0.15, 0.2) is 115 Å². The first-order chi connectivity index (χ1) is 14.6. The van der Waals surface area contributed by atoms with E-state index in [0.717, 1.165) is 6.54 Å². The van der Waals surface area contributed by atoms with Crippen LogP contribution in [0.2, 0.25) is 0 Å². The topological polar surface area (TPSA) is 23.5 Å². The highest BCUT2D eigenvalue weighted by Crippen LogP contribution is 2.32. The summed E-state index contributed by atoms with van der Waals surface area (Å²) in [6.45, 7) is 0.917. The third-order valence-electron chi connectivity index (χ3n) is 4.48. The van der Waals surface area contributed by atoms with E-state index in [1.807, 2.05) is 26.2 Å². The lowest BCUT2D eigenvalue weighted by molar-refractivity contribution is 0.402. The molecular formula is C27H28NOP. The molecule has 0 aromatic heterocycles. The standard InChI is InChI=1S/C18H15P.C9H13NO/c1-4-10-16(11-5-1)19(17-12-6-2-7-13-17)18-14-8-3-9-15-18;1-10(2)7-8-3-5-9(11)6-4-8/h1-15H;3-6,11H,7H2,1-2H3. The highest BCUT2D eigenvalue weighted by atomic mass is 31.1. The molecule has 0 saturated heterocycles. The van der Waals surface area contributed by atoms with Crippen LogP contribution in [0, 0.1) is 0 Å². The number of phenolic OH excluding ortho intramolecular Hbond substituents is 1. The minimum Gasteiger partial charge on any atom is -0.508 e. The Morgan fingerprint density at radius 1 is 0.567 bits per heavy atom. The van der Waals surface area contributed by atoms with Crippen LogP contribution in [0.4, 0.5) is 0 Å². The van der Waals surface area contributed by atoms with E-state index >= 15 is 0 Å². The largest absolute Gasteiger partial charge is 0.508 e. The van der Waals surface area contributed by atoms with Crippen molar-refractivity contribution in [2.45, 2.75) is 6.54 Å². The predicted octanol–water partition coefficient (Wildman–Crippen LogP) is 4.90. The number of benzene rings is 4. The zero-order chi connectivity index (χ0) is 21.2. The fourth-order valence-corrected chi connectivity index (χ4v) is 5.45. The van der Waals surface area contributed by atoms with Gasteiger partial charge in [0.1, 0.15) is 5.75 Å². The Labute approximate surface area is 181 Å². The molecule has 0 aliphatic carbocycles. The molecule has 0 unspecified atom stereocenters. The Morgan fingerprint density at radius 3 is 1.27 bits per heavy atom. The third-order valence-corrected chi connectivity index (χ3v) is 6.92. The summed E-state index contributed by atoms with van der Waals surface area (Å²) in [7, 11) is 3.60. The van der Waals surface area contributed by atoms with E-state index in [9.17, 15) is 0 Å². The van der Waals surface area contributed by atoms with E-state index in [1.165, 1.54) is 21.5 Å². The van der Waals surface area contributed by atoms with Crippen molar-refractivity contribution in [3.05, 3.63) is 121 Å². The summed E-state index contributed by atoms with van der Waals surface area (Å²) in [4.78, 5) is 2.09. The molecule has 2 nitrogen and oxygen atoms in total. The molecule has 30 heavy (non-hydrogen) atoms. The summed E-state index contributed by atoms with van der Waals surface area (Å²) in [5.41, 5.74) is 1.22. The van der Waals surface area contributed by atoms with Crippen molar-refractivity contribution >= 4 is 23.8 Å². The molecule has 4 aromatic rings. The highest BCUT2D eigenvalue weighted by molar-refractivity contribution is 7.79. The molecule has 152 valence electrons. The van der Waals surface area contributed by atoms with Gasteiger partial charge in [0.05, 0.1) is 0 Å². The van der Waals surface area contributed by atoms with Crippen LogP contribution in [0.3, 0.4) is 0 Å². The van der Waals surface area contributed by atoms with Crippen molar-refractivity contribution in [3.63, 3.8) is 0 Å². The Hall–Kier alpha value is -2.93. The molecule has 0 amide bonds. The zero-order valence-corrected chi connectivity index (χ0v) is 18.4. The minimum atomic E-state index is -0.446. The molecule has 3 heteroatoms. The summed E-state index contributed by atoms with van der Waals surface area (Å²) in [6, 6.07) is 39.6. The SMILES string of the molecule is CN(C)Cc1ccc(O)cc1.c1ccc(P(c2ccccc2)c2ccccc2)cc1. The smallest absolute Gasteiger partial charge is 0.115 e. The minimum absolute atomic E-state index is 0.326. The summed E-state index contributed by atoms with van der Waals surface area (Å²) in [6.07, 6.45) is 0. The number of nitrogens with zero attached hydrogens (tertiary/aromatic N) is 1. The van der Waals surface area contributed by atoms with E-state index in [2.05, 4.69) is 95.9 Å². The normalized spacial score (nSPS) is 10.5. The predicted molar refractivity (Wildman–Crippen MR) is 131 cm³/mol. The van der Waals surface area contributed by atoms with Crippen molar-refractivity contribution in [1.82, 2.24) is 4.90 Å². The lowest BCUT2D eigenvalue weighted by atomic mass is 10.2. The molecule has 1 N–H and O–H groups in total. The first-order valence-electron chi connectivity index (χ1n) is 10.0. The van der Waals surface area contributed by atoms with Crippen LogP contribution in [-0.2, 0) is 6.54 Å². The fourth-order valence-electron chi connectivity index (χ4n) is 3.14. The molecule has 0 heterocycles. The molecule has 0 radical (unpaired) electrons. The Balaban J connectivity index is 0.000000199. The molecule has 0 bridgehead atoms. The number of rotatable bonds is 5. The van der Waals surface area contributed by atoms with Crippen LogP contribution in [-0.4, -0.2) is 24.1 Å². The lowest BCUT2D eigenvalue weighted by Gasteiger charge is -2.18. The van der Waals surface area contributed by atoms with Gasteiger partial charge in [0, 0.05) is 6.54 Å². The van der Waals surface area contributed by atoms with Gasteiger partial charge in [-0.3, -0.25) is 0 Å². The van der Waals surface area contributed by atoms with Gasteiger partial charge >= 0.3 is 0 Å². The molecule has 0 aliphatic heterocycles. The maximum atomic E-state index is 8.98. The molecular weight excluding hydrogens is 385 g/mol. The van der Waals surface area contributed by atoms with Crippen molar-refractivity contribution < 1.29 is 5.11 Å². The molecule has 4 aromatic carbocycles. The van der Waals surface area contributed by atoms with Crippen molar-refractivity contribution in [3.8, 4) is 5.75 Å². The molecule has 0 spiro atoms. The second kappa shape index (κ2) is 11.3. The van der Waals surface area contributed by atoms with Crippen LogP contribution >= 0.6 is 7.92 Å². The van der Waals surface area contributed by atoms with Gasteiger partial charge in [-0.2, -0.15) is 0 Å². The average molecular weight is 414 g/mol. The van der Waals surface area contributed by atoms with Gasteiger partial charge in [0.25, 0.3) is 0 Å². The van der Waals surface area contributed by atoms with Gasteiger partial charge in [0.15, 0.2) is 0 Å². The summed E-state index contributed by atoms with van der Waals surface area (Å²) in [5.74, 6) is 0.326. The first-order valence-corrected chi connectivity index (χ1v) is 11.4. The zero-order valence-electron chi connectivity index (χ0n) is 17.5. The van der Waals surface area contributed by atoms with Gasteiger partial charge < -0.3 is 10.0 Å². The van der Waals surface area contributed by atoms with Gasteiger partial charge in [-0.1, -0.05) is 103 Å². The van der Waals surface area contributed by atoms with Gasteiger partial charge in [-0.25, -0.2) is 0 Å². The molecule has 0 saturated carbocycles. The number of hydrogen-bond acceptors (Lipinski definition) is 2. The Kier molecular flexibility index (Phi) is 8.20. The number of phenols is 1. The maximum absolute atomic E-state index is 8.98. The molecule has 0 aliphatic rings. The fraction of sp³-hybridized carbons (Fsp3) is 0.111. The van der Waals surface area contributed by atoms with Crippen LogP contribution in [0.5, 0.6) is 5.75 Å². The van der Waals surface area contributed by atoms with Gasteiger partial charge in [-0.05, 0) is 55.6 Å². The molecule has 0 fully saturated rings. The maximum Gasteiger partial charge on any atom is 0.115 e. The Bertz CT molecular complexity index is 893. The quantitative estimate of drug-likeness (QED) is 0.471. The number of aromatic hydroxyl groups is 1. The van der Waals surface area contributed by atoms with Crippen molar-refractivity contribution in [2.75, 3.05) is 14.1 Å². The summed E-state index contributed by atoms with van der Waals surface area (Å²) in [5, 5.41) is 13.2. The average Bonchev–Trinajstić information content (AvgIpc) is 2.78.